The molecule has 0 aliphatic heterocycles. The number of rotatable bonds is 3. The second kappa shape index (κ2) is 4.47. The van der Waals surface area contributed by atoms with Gasteiger partial charge in [0.15, 0.2) is 0 Å². The Morgan fingerprint density at radius 1 is 1.41 bits per heavy atom. The van der Waals surface area contributed by atoms with E-state index < -0.39 is 41.1 Å². The number of carboxylic acids is 1. The number of benzene rings is 1. The molecule has 0 atom stereocenters. The molecule has 1 aromatic rings. The van der Waals surface area contributed by atoms with Crippen LogP contribution in [0.2, 0.25) is 5.02 Å². The Labute approximate surface area is 104 Å². The van der Waals surface area contributed by atoms with Crippen LogP contribution in [0, 0.1) is 10.1 Å². The van der Waals surface area contributed by atoms with Crippen LogP contribution in [0.15, 0.2) is 17.0 Å². The summed E-state index contributed by atoms with van der Waals surface area (Å²) in [6.45, 7) is 0. The van der Waals surface area contributed by atoms with Crippen LogP contribution >= 0.6 is 22.3 Å². The van der Waals surface area contributed by atoms with Gasteiger partial charge in [-0.25, -0.2) is 13.2 Å². The summed E-state index contributed by atoms with van der Waals surface area (Å²) in [6.07, 6.45) is 0. The summed E-state index contributed by atoms with van der Waals surface area (Å²) in [7, 11) is 0.692. The summed E-state index contributed by atoms with van der Waals surface area (Å²) < 4.78 is 22.0. The van der Waals surface area contributed by atoms with Crippen LogP contribution in [0.25, 0.3) is 0 Å². The quantitative estimate of drug-likeness (QED) is 0.517. The molecule has 0 spiro atoms. The molecule has 0 aliphatic rings. The van der Waals surface area contributed by atoms with Crippen molar-refractivity contribution in [2.24, 2.45) is 0 Å². The lowest BCUT2D eigenvalue weighted by atomic mass is 10.2. The van der Waals surface area contributed by atoms with Crippen molar-refractivity contribution in [2.45, 2.75) is 4.90 Å². The highest BCUT2D eigenvalue weighted by atomic mass is 35.7. The summed E-state index contributed by atoms with van der Waals surface area (Å²) in [5, 5.41) is 18.6. The smallest absolute Gasteiger partial charge is 0.337 e. The van der Waals surface area contributed by atoms with Gasteiger partial charge in [-0.1, -0.05) is 11.6 Å². The second-order valence-corrected chi connectivity index (χ2v) is 5.75. The van der Waals surface area contributed by atoms with E-state index in [2.05, 4.69) is 0 Å². The average molecular weight is 300 g/mol. The monoisotopic (exact) mass is 299 g/mol. The molecule has 92 valence electrons. The molecular formula is C7H3Cl2NO6S. The van der Waals surface area contributed by atoms with Gasteiger partial charge in [-0.3, -0.25) is 10.1 Å². The first-order valence-electron chi connectivity index (χ1n) is 3.80. The van der Waals surface area contributed by atoms with Crippen molar-refractivity contribution in [2.75, 3.05) is 0 Å². The van der Waals surface area contributed by atoms with Gasteiger partial charge in [0.2, 0.25) is 0 Å². The maximum absolute atomic E-state index is 11.0. The highest BCUT2D eigenvalue weighted by Crippen LogP contribution is 2.32. The summed E-state index contributed by atoms with van der Waals surface area (Å²) in [6, 6.07) is 1.25. The molecule has 10 heteroatoms. The zero-order chi connectivity index (χ0) is 13.4. The lowest BCUT2D eigenvalue weighted by Crippen LogP contribution is -2.04. The molecule has 0 aromatic heterocycles. The maximum atomic E-state index is 11.0. The van der Waals surface area contributed by atoms with Gasteiger partial charge in [-0.05, 0) is 6.07 Å². The predicted octanol–water partition coefficient (Wildman–Crippen LogP) is 1.87. The van der Waals surface area contributed by atoms with E-state index in [9.17, 15) is 23.3 Å². The molecular weight excluding hydrogens is 297 g/mol. The molecule has 1 aromatic carbocycles. The van der Waals surface area contributed by atoms with Crippen molar-refractivity contribution in [3.63, 3.8) is 0 Å². The lowest BCUT2D eigenvalue weighted by Gasteiger charge is -2.03. The molecule has 0 saturated heterocycles. The Kier molecular flexibility index (Phi) is 3.60. The highest BCUT2D eigenvalue weighted by Gasteiger charge is 2.25. The number of nitro groups is 1. The van der Waals surface area contributed by atoms with E-state index >= 15 is 0 Å². The normalized spacial score (nSPS) is 11.2. The van der Waals surface area contributed by atoms with Crippen molar-refractivity contribution in [3.05, 3.63) is 32.8 Å². The first kappa shape index (κ1) is 13.7. The van der Waals surface area contributed by atoms with Crippen LogP contribution in [0.1, 0.15) is 10.4 Å². The first-order chi connectivity index (χ1) is 7.64. The molecule has 0 radical (unpaired) electrons. The van der Waals surface area contributed by atoms with E-state index in [1.165, 1.54) is 0 Å². The zero-order valence-electron chi connectivity index (χ0n) is 7.75. The molecule has 1 N–H and O–H groups in total. The predicted molar refractivity (Wildman–Crippen MR) is 58.1 cm³/mol. The number of nitro benzene ring substituents is 1. The van der Waals surface area contributed by atoms with Crippen molar-refractivity contribution in [1.82, 2.24) is 0 Å². The van der Waals surface area contributed by atoms with E-state index in [-0.39, 0.29) is 0 Å². The molecule has 0 aliphatic carbocycles. The summed E-state index contributed by atoms with van der Waals surface area (Å²) in [5.41, 5.74) is -1.55. The Morgan fingerprint density at radius 2 is 1.94 bits per heavy atom. The van der Waals surface area contributed by atoms with Gasteiger partial charge in [0.05, 0.1) is 15.4 Å². The van der Waals surface area contributed by atoms with Gasteiger partial charge in [0.25, 0.3) is 14.7 Å². The van der Waals surface area contributed by atoms with Gasteiger partial charge in [-0.15, -0.1) is 0 Å². The summed E-state index contributed by atoms with van der Waals surface area (Å²) in [5.74, 6) is -1.60. The van der Waals surface area contributed by atoms with Crippen molar-refractivity contribution in [3.8, 4) is 0 Å². The van der Waals surface area contributed by atoms with E-state index in [0.717, 1.165) is 0 Å². The van der Waals surface area contributed by atoms with Gasteiger partial charge in [0, 0.05) is 16.7 Å². The number of hydrogen-bond acceptors (Lipinski definition) is 5. The van der Waals surface area contributed by atoms with Gasteiger partial charge < -0.3 is 5.11 Å². The minimum atomic E-state index is -4.29. The Morgan fingerprint density at radius 3 is 2.29 bits per heavy atom. The topological polar surface area (TPSA) is 115 Å². The third kappa shape index (κ3) is 2.84. The molecule has 17 heavy (non-hydrogen) atoms. The minimum Gasteiger partial charge on any atom is -0.478 e. The number of carboxylic acid groups (broad SMARTS) is 1. The van der Waals surface area contributed by atoms with E-state index in [1.807, 2.05) is 0 Å². The van der Waals surface area contributed by atoms with Gasteiger partial charge in [-0.2, -0.15) is 0 Å². The molecule has 0 saturated carbocycles. The van der Waals surface area contributed by atoms with Crippen LogP contribution in [0.4, 0.5) is 5.69 Å². The van der Waals surface area contributed by atoms with Gasteiger partial charge in [0.1, 0.15) is 5.02 Å². The molecule has 0 fully saturated rings. The van der Waals surface area contributed by atoms with E-state index in [1.54, 1.807) is 0 Å². The zero-order valence-corrected chi connectivity index (χ0v) is 10.1. The molecule has 7 nitrogen and oxygen atoms in total. The molecule has 1 rings (SSSR count). The Bertz CT molecular complexity index is 576. The average Bonchev–Trinajstić information content (AvgIpc) is 2.14. The third-order valence-corrected chi connectivity index (χ3v) is 3.47. The number of nitrogens with zero attached hydrogens (tertiary/aromatic N) is 1. The largest absolute Gasteiger partial charge is 0.478 e. The van der Waals surface area contributed by atoms with E-state index in [4.69, 9.17) is 27.4 Å². The van der Waals surface area contributed by atoms with Crippen LogP contribution < -0.4 is 0 Å². The van der Waals surface area contributed by atoms with Gasteiger partial charge >= 0.3 is 5.97 Å². The van der Waals surface area contributed by atoms with Crippen molar-refractivity contribution >= 4 is 43.0 Å². The van der Waals surface area contributed by atoms with Crippen molar-refractivity contribution < 1.29 is 23.2 Å². The second-order valence-electron chi connectivity index (χ2n) is 2.80. The Hall–Kier alpha value is -1.38. The van der Waals surface area contributed by atoms with Crippen LogP contribution in [0.3, 0.4) is 0 Å². The third-order valence-electron chi connectivity index (χ3n) is 1.74. The van der Waals surface area contributed by atoms with Crippen LogP contribution in [0.5, 0.6) is 0 Å². The first-order valence-corrected chi connectivity index (χ1v) is 6.49. The fourth-order valence-corrected chi connectivity index (χ4v) is 2.05. The molecule has 0 bridgehead atoms. The Balaban J connectivity index is 3.71. The molecule has 0 amide bonds. The van der Waals surface area contributed by atoms with Crippen molar-refractivity contribution in [1.29, 1.82) is 0 Å². The molecule has 0 heterocycles. The van der Waals surface area contributed by atoms with Crippen LogP contribution in [-0.4, -0.2) is 24.4 Å². The number of halogens is 2. The number of carbonyl (C=O) groups is 1. The minimum absolute atomic E-state index is 0.594. The standard InChI is InChI=1S/C7H3Cl2NO6S/c8-6-4(7(11)12)1-3(17(9,15)16)2-5(6)10(13)14/h1-2H,(H,11,12). The van der Waals surface area contributed by atoms with Crippen LogP contribution in [-0.2, 0) is 9.05 Å². The fraction of sp³-hybridized carbons (Fsp3) is 0. The molecule has 0 unspecified atom stereocenters. The maximum Gasteiger partial charge on any atom is 0.337 e. The SMILES string of the molecule is O=C(O)c1cc(S(=O)(=O)Cl)cc([N+](=O)[O-])c1Cl. The van der Waals surface area contributed by atoms with E-state index in [0.29, 0.717) is 12.1 Å². The fourth-order valence-electron chi connectivity index (χ4n) is 1.01. The number of hydrogen-bond donors (Lipinski definition) is 1. The highest BCUT2D eigenvalue weighted by molar-refractivity contribution is 8.13. The number of aromatic carboxylic acids is 1. The lowest BCUT2D eigenvalue weighted by molar-refractivity contribution is -0.384. The summed E-state index contributed by atoms with van der Waals surface area (Å²) in [4.78, 5) is 19.6. The summed E-state index contributed by atoms with van der Waals surface area (Å²) >= 11 is 5.46.